The van der Waals surface area contributed by atoms with Gasteiger partial charge in [-0.15, -0.1) is 0 Å². The molecule has 2 aromatic rings. The molecule has 1 heterocycles. The van der Waals surface area contributed by atoms with Crippen molar-refractivity contribution in [1.82, 2.24) is 0 Å². The summed E-state index contributed by atoms with van der Waals surface area (Å²) in [7, 11) is 0. The SMILES string of the molecule is CC(C#N)(Cc1ccco1)c1ccc(C(F)(F)F)cc1N. The molecule has 1 unspecified atom stereocenters. The van der Waals surface area contributed by atoms with Gasteiger partial charge in [0.1, 0.15) is 5.76 Å². The summed E-state index contributed by atoms with van der Waals surface area (Å²) in [6.45, 7) is 1.62. The maximum atomic E-state index is 12.6. The molecular formula is C15H13F3N2O. The standard InChI is InChI=1S/C15H13F3N2O/c1-14(9-19,8-11-3-2-6-21-11)12-5-4-10(7-13(12)20)15(16,17)18/h2-7H,8,20H2,1H3. The molecule has 2 rings (SSSR count). The quantitative estimate of drug-likeness (QED) is 0.873. The van der Waals surface area contributed by atoms with Crippen LogP contribution < -0.4 is 5.73 Å². The maximum Gasteiger partial charge on any atom is 0.416 e. The van der Waals surface area contributed by atoms with Gasteiger partial charge in [-0.1, -0.05) is 6.07 Å². The van der Waals surface area contributed by atoms with E-state index in [9.17, 15) is 18.4 Å². The first kappa shape index (κ1) is 15.0. The average molecular weight is 294 g/mol. The predicted octanol–water partition coefficient (Wildman–Crippen LogP) is 3.90. The zero-order valence-electron chi connectivity index (χ0n) is 11.2. The second-order valence-electron chi connectivity index (χ2n) is 5.00. The summed E-state index contributed by atoms with van der Waals surface area (Å²) >= 11 is 0. The minimum absolute atomic E-state index is 0.0552. The van der Waals surface area contributed by atoms with Gasteiger partial charge in [-0.2, -0.15) is 18.4 Å². The highest BCUT2D eigenvalue weighted by Crippen LogP contribution is 2.36. The van der Waals surface area contributed by atoms with Crippen LogP contribution in [0.2, 0.25) is 0 Å². The maximum absolute atomic E-state index is 12.6. The van der Waals surface area contributed by atoms with Crippen molar-refractivity contribution in [3.05, 3.63) is 53.5 Å². The number of nitrogens with two attached hydrogens (primary N) is 1. The lowest BCUT2D eigenvalue weighted by Gasteiger charge is -2.23. The van der Waals surface area contributed by atoms with Crippen LogP contribution in [0.5, 0.6) is 0 Å². The molecule has 6 heteroatoms. The molecule has 3 nitrogen and oxygen atoms in total. The van der Waals surface area contributed by atoms with E-state index in [1.54, 1.807) is 19.1 Å². The number of furan rings is 1. The summed E-state index contributed by atoms with van der Waals surface area (Å²) in [6.07, 6.45) is -2.76. The monoisotopic (exact) mass is 294 g/mol. The Bertz CT molecular complexity index is 671. The van der Waals surface area contributed by atoms with Crippen LogP contribution in [0.1, 0.15) is 23.8 Å². The molecule has 0 fully saturated rings. The molecule has 0 spiro atoms. The van der Waals surface area contributed by atoms with E-state index in [1.165, 1.54) is 12.3 Å². The molecule has 21 heavy (non-hydrogen) atoms. The fraction of sp³-hybridized carbons (Fsp3) is 0.267. The number of hydrogen-bond donors (Lipinski definition) is 1. The first-order valence-electron chi connectivity index (χ1n) is 6.17. The van der Waals surface area contributed by atoms with Crippen LogP contribution in [-0.2, 0) is 18.0 Å². The number of anilines is 1. The lowest BCUT2D eigenvalue weighted by atomic mass is 9.79. The van der Waals surface area contributed by atoms with Crippen molar-refractivity contribution in [2.45, 2.75) is 24.9 Å². The van der Waals surface area contributed by atoms with Gasteiger partial charge in [0.15, 0.2) is 0 Å². The Kier molecular flexibility index (Phi) is 3.69. The van der Waals surface area contributed by atoms with Crippen LogP contribution in [0.3, 0.4) is 0 Å². The third kappa shape index (κ3) is 3.02. The fourth-order valence-corrected chi connectivity index (χ4v) is 2.20. The van der Waals surface area contributed by atoms with E-state index < -0.39 is 17.2 Å². The topological polar surface area (TPSA) is 63.0 Å². The molecule has 0 radical (unpaired) electrons. The van der Waals surface area contributed by atoms with E-state index in [-0.39, 0.29) is 12.1 Å². The van der Waals surface area contributed by atoms with Crippen LogP contribution in [0.25, 0.3) is 0 Å². The van der Waals surface area contributed by atoms with Crippen LogP contribution in [-0.4, -0.2) is 0 Å². The van der Waals surface area contributed by atoms with Gasteiger partial charge in [-0.3, -0.25) is 0 Å². The second kappa shape index (κ2) is 5.17. The van der Waals surface area contributed by atoms with E-state index in [4.69, 9.17) is 10.2 Å². The van der Waals surface area contributed by atoms with Crippen molar-refractivity contribution >= 4 is 5.69 Å². The average Bonchev–Trinajstić information content (AvgIpc) is 2.90. The molecule has 0 amide bonds. The Morgan fingerprint density at radius 1 is 1.29 bits per heavy atom. The molecular weight excluding hydrogens is 281 g/mol. The number of halogens is 3. The third-order valence-corrected chi connectivity index (χ3v) is 3.33. The highest BCUT2D eigenvalue weighted by Gasteiger charge is 2.34. The van der Waals surface area contributed by atoms with Crippen LogP contribution in [0.4, 0.5) is 18.9 Å². The smallest absolute Gasteiger partial charge is 0.416 e. The minimum Gasteiger partial charge on any atom is -0.469 e. The third-order valence-electron chi connectivity index (χ3n) is 3.33. The Hall–Kier alpha value is -2.42. The Balaban J connectivity index is 2.41. The lowest BCUT2D eigenvalue weighted by Crippen LogP contribution is -2.24. The molecule has 1 aromatic carbocycles. The van der Waals surface area contributed by atoms with Gasteiger partial charge >= 0.3 is 6.18 Å². The molecule has 0 aliphatic rings. The summed E-state index contributed by atoms with van der Waals surface area (Å²) in [5.74, 6) is 0.568. The van der Waals surface area contributed by atoms with Gasteiger partial charge in [0, 0.05) is 12.1 Å². The molecule has 0 bridgehead atoms. The second-order valence-corrected chi connectivity index (χ2v) is 5.00. The minimum atomic E-state index is -4.46. The van der Waals surface area contributed by atoms with Crippen LogP contribution in [0, 0.1) is 11.3 Å². The number of nitrogen functional groups attached to an aromatic ring is 1. The van der Waals surface area contributed by atoms with Gasteiger partial charge < -0.3 is 10.2 Å². The van der Waals surface area contributed by atoms with Crippen LogP contribution in [0.15, 0.2) is 41.0 Å². The van der Waals surface area contributed by atoms with Crippen molar-refractivity contribution in [1.29, 1.82) is 5.26 Å². The summed E-state index contributed by atoms with van der Waals surface area (Å²) in [5.41, 5.74) is 4.13. The van der Waals surface area contributed by atoms with E-state index in [2.05, 4.69) is 6.07 Å². The number of alkyl halides is 3. The first-order valence-corrected chi connectivity index (χ1v) is 6.17. The van der Waals surface area contributed by atoms with Crippen LogP contribution >= 0.6 is 0 Å². The summed E-state index contributed by atoms with van der Waals surface area (Å²) < 4.78 is 43.1. The van der Waals surface area contributed by atoms with E-state index in [0.29, 0.717) is 11.3 Å². The molecule has 110 valence electrons. The molecule has 0 aliphatic carbocycles. The zero-order valence-corrected chi connectivity index (χ0v) is 11.2. The molecule has 2 N–H and O–H groups in total. The van der Waals surface area contributed by atoms with Gasteiger partial charge in [0.25, 0.3) is 0 Å². The van der Waals surface area contributed by atoms with Crippen molar-refractivity contribution in [2.75, 3.05) is 5.73 Å². The molecule has 0 saturated heterocycles. The number of rotatable bonds is 3. The number of nitrogens with zero attached hydrogens (tertiary/aromatic N) is 1. The highest BCUT2D eigenvalue weighted by molar-refractivity contribution is 5.55. The van der Waals surface area contributed by atoms with Gasteiger partial charge in [-0.05, 0) is 36.8 Å². The van der Waals surface area contributed by atoms with Crippen molar-refractivity contribution in [2.24, 2.45) is 0 Å². The zero-order chi connectivity index (χ0) is 15.7. The molecule has 1 aromatic heterocycles. The summed E-state index contributed by atoms with van der Waals surface area (Å²) in [6, 6.07) is 8.54. The number of nitriles is 1. The van der Waals surface area contributed by atoms with Crippen molar-refractivity contribution in [3.63, 3.8) is 0 Å². The normalized spacial score (nSPS) is 14.4. The van der Waals surface area contributed by atoms with Gasteiger partial charge in [-0.25, -0.2) is 0 Å². The first-order chi connectivity index (χ1) is 9.76. The van der Waals surface area contributed by atoms with Crippen molar-refractivity contribution < 1.29 is 17.6 Å². The Labute approximate surface area is 119 Å². The van der Waals surface area contributed by atoms with E-state index in [1.807, 2.05) is 0 Å². The fourth-order valence-electron chi connectivity index (χ4n) is 2.20. The Morgan fingerprint density at radius 2 is 2.00 bits per heavy atom. The number of benzene rings is 1. The molecule has 0 aliphatic heterocycles. The van der Waals surface area contributed by atoms with E-state index >= 15 is 0 Å². The molecule has 1 atom stereocenters. The van der Waals surface area contributed by atoms with Crippen molar-refractivity contribution in [3.8, 4) is 6.07 Å². The summed E-state index contributed by atoms with van der Waals surface area (Å²) in [5, 5.41) is 9.42. The largest absolute Gasteiger partial charge is 0.469 e. The Morgan fingerprint density at radius 3 is 2.48 bits per heavy atom. The van der Waals surface area contributed by atoms with E-state index in [0.717, 1.165) is 12.1 Å². The highest BCUT2D eigenvalue weighted by atomic mass is 19.4. The number of hydrogen-bond acceptors (Lipinski definition) is 3. The lowest BCUT2D eigenvalue weighted by molar-refractivity contribution is -0.137. The molecule has 0 saturated carbocycles. The predicted molar refractivity (Wildman–Crippen MR) is 71.2 cm³/mol. The van der Waals surface area contributed by atoms with Gasteiger partial charge in [0.05, 0.1) is 23.3 Å². The summed E-state index contributed by atoms with van der Waals surface area (Å²) in [4.78, 5) is 0. The van der Waals surface area contributed by atoms with Gasteiger partial charge in [0.2, 0.25) is 0 Å².